The van der Waals surface area contributed by atoms with Crippen LogP contribution in [0.15, 0.2) is 67.0 Å². The first-order valence-corrected chi connectivity index (χ1v) is 7.57. The van der Waals surface area contributed by atoms with Crippen molar-refractivity contribution < 1.29 is 9.53 Å². The molecule has 2 aromatic carbocycles. The Kier molecular flexibility index (Phi) is 4.81. The molecule has 1 aromatic heterocycles. The first kappa shape index (κ1) is 15.7. The number of aromatic nitrogens is 2. The van der Waals surface area contributed by atoms with Gasteiger partial charge < -0.3 is 10.1 Å². The fraction of sp³-hybridized carbons (Fsp3) is 0.105. The van der Waals surface area contributed by atoms with Gasteiger partial charge in [0.2, 0.25) is 0 Å². The molecule has 120 valence electrons. The third-order valence-corrected chi connectivity index (χ3v) is 3.37. The molecule has 0 aliphatic carbocycles. The van der Waals surface area contributed by atoms with Crippen LogP contribution in [0.25, 0.3) is 0 Å². The molecule has 0 unspecified atom stereocenters. The number of nitrogens with one attached hydrogen (secondary N) is 1. The number of benzene rings is 2. The molecule has 1 heterocycles. The molecule has 0 aliphatic heterocycles. The molecular weight excluding hydrogens is 302 g/mol. The molecule has 0 bridgehead atoms. The maximum Gasteiger partial charge on any atom is 0.275 e. The third-order valence-electron chi connectivity index (χ3n) is 3.37. The molecule has 0 saturated carbocycles. The van der Waals surface area contributed by atoms with E-state index in [1.807, 2.05) is 49.4 Å². The molecule has 5 heteroatoms. The van der Waals surface area contributed by atoms with E-state index in [0.29, 0.717) is 12.3 Å². The molecule has 24 heavy (non-hydrogen) atoms. The van der Waals surface area contributed by atoms with Gasteiger partial charge in [0.05, 0.1) is 11.9 Å². The molecule has 0 atom stereocenters. The van der Waals surface area contributed by atoms with Crippen molar-refractivity contribution in [2.45, 2.75) is 13.5 Å². The van der Waals surface area contributed by atoms with Gasteiger partial charge in [-0.1, -0.05) is 30.3 Å². The highest BCUT2D eigenvalue weighted by Crippen LogP contribution is 2.17. The van der Waals surface area contributed by atoms with Gasteiger partial charge in [0.25, 0.3) is 5.91 Å². The van der Waals surface area contributed by atoms with Crippen LogP contribution in [0.4, 0.5) is 5.69 Å². The second-order valence-corrected chi connectivity index (χ2v) is 5.30. The number of nitrogens with zero attached hydrogens (tertiary/aromatic N) is 2. The zero-order valence-corrected chi connectivity index (χ0v) is 13.3. The topological polar surface area (TPSA) is 64.1 Å². The average molecular weight is 319 g/mol. The number of anilines is 1. The molecule has 1 amide bonds. The van der Waals surface area contributed by atoms with E-state index in [1.54, 1.807) is 18.3 Å². The summed E-state index contributed by atoms with van der Waals surface area (Å²) in [7, 11) is 0. The van der Waals surface area contributed by atoms with Gasteiger partial charge in [0, 0.05) is 11.9 Å². The van der Waals surface area contributed by atoms with Gasteiger partial charge in [-0.25, -0.2) is 4.98 Å². The van der Waals surface area contributed by atoms with Crippen molar-refractivity contribution in [2.24, 2.45) is 0 Å². The van der Waals surface area contributed by atoms with Crippen molar-refractivity contribution in [3.63, 3.8) is 0 Å². The number of amides is 1. The molecule has 3 aromatic rings. The lowest BCUT2D eigenvalue weighted by Crippen LogP contribution is -2.14. The Morgan fingerprint density at radius 2 is 1.75 bits per heavy atom. The van der Waals surface area contributed by atoms with Gasteiger partial charge in [-0.05, 0) is 36.8 Å². The normalized spacial score (nSPS) is 10.2. The van der Waals surface area contributed by atoms with Crippen LogP contribution in [0.3, 0.4) is 0 Å². The quantitative estimate of drug-likeness (QED) is 0.780. The van der Waals surface area contributed by atoms with Crippen molar-refractivity contribution in [3.8, 4) is 5.75 Å². The third kappa shape index (κ3) is 4.16. The molecule has 5 nitrogen and oxygen atoms in total. The van der Waals surface area contributed by atoms with Gasteiger partial charge in [-0.2, -0.15) is 0 Å². The zero-order valence-electron chi connectivity index (χ0n) is 13.3. The minimum absolute atomic E-state index is 0.282. The van der Waals surface area contributed by atoms with E-state index in [0.717, 1.165) is 17.0 Å². The lowest BCUT2D eigenvalue weighted by Gasteiger charge is -2.08. The Balaban J connectivity index is 1.58. The fourth-order valence-electron chi connectivity index (χ4n) is 2.08. The minimum Gasteiger partial charge on any atom is -0.489 e. The van der Waals surface area contributed by atoms with Crippen LogP contribution in [0.5, 0.6) is 5.75 Å². The molecule has 0 aliphatic rings. The summed E-state index contributed by atoms with van der Waals surface area (Å²) in [5.74, 6) is 0.451. The van der Waals surface area contributed by atoms with E-state index in [1.165, 1.54) is 6.20 Å². The van der Waals surface area contributed by atoms with Gasteiger partial charge in [0.1, 0.15) is 18.1 Å². The van der Waals surface area contributed by atoms with Crippen molar-refractivity contribution in [1.82, 2.24) is 9.97 Å². The summed E-state index contributed by atoms with van der Waals surface area (Å²) in [6, 6.07) is 17.2. The summed E-state index contributed by atoms with van der Waals surface area (Å²) >= 11 is 0. The zero-order chi connectivity index (χ0) is 16.8. The minimum atomic E-state index is -0.291. The number of hydrogen-bond donors (Lipinski definition) is 1. The first-order chi connectivity index (χ1) is 11.7. The van der Waals surface area contributed by atoms with E-state index < -0.39 is 0 Å². The molecular formula is C19H17N3O2. The van der Waals surface area contributed by atoms with Crippen LogP contribution in [0.1, 0.15) is 21.7 Å². The number of hydrogen-bond acceptors (Lipinski definition) is 4. The smallest absolute Gasteiger partial charge is 0.275 e. The fourth-order valence-corrected chi connectivity index (χ4v) is 2.08. The predicted octanol–water partition coefficient (Wildman–Crippen LogP) is 3.62. The van der Waals surface area contributed by atoms with Crippen molar-refractivity contribution in [3.05, 3.63) is 83.9 Å². The number of carbonyl (C=O) groups is 1. The van der Waals surface area contributed by atoms with Crippen LogP contribution in [-0.4, -0.2) is 15.9 Å². The summed E-state index contributed by atoms with van der Waals surface area (Å²) in [6.07, 6.45) is 3.03. The Hall–Kier alpha value is -3.21. The Morgan fingerprint density at radius 1 is 1.00 bits per heavy atom. The number of aryl methyl sites for hydroxylation is 1. The SMILES string of the molecule is Cc1cnc(C(=O)Nc2ccc(OCc3ccccc3)cc2)cn1. The average Bonchev–Trinajstić information content (AvgIpc) is 2.62. The molecule has 0 fully saturated rings. The van der Waals surface area contributed by atoms with E-state index >= 15 is 0 Å². The number of ether oxygens (including phenoxy) is 1. The van der Waals surface area contributed by atoms with Crippen molar-refractivity contribution in [2.75, 3.05) is 5.32 Å². The lowest BCUT2D eigenvalue weighted by molar-refractivity contribution is 0.102. The van der Waals surface area contributed by atoms with Crippen LogP contribution in [0, 0.1) is 6.92 Å². The highest BCUT2D eigenvalue weighted by Gasteiger charge is 2.08. The number of rotatable bonds is 5. The van der Waals surface area contributed by atoms with Gasteiger partial charge in [-0.15, -0.1) is 0 Å². The summed E-state index contributed by atoms with van der Waals surface area (Å²) in [6.45, 7) is 2.33. The van der Waals surface area contributed by atoms with E-state index in [2.05, 4.69) is 15.3 Å². The molecule has 0 radical (unpaired) electrons. The Bertz CT molecular complexity index is 800. The highest BCUT2D eigenvalue weighted by molar-refractivity contribution is 6.02. The maximum absolute atomic E-state index is 12.1. The first-order valence-electron chi connectivity index (χ1n) is 7.57. The van der Waals surface area contributed by atoms with E-state index in [9.17, 15) is 4.79 Å². The summed E-state index contributed by atoms with van der Waals surface area (Å²) in [5.41, 5.74) is 2.83. The Morgan fingerprint density at radius 3 is 2.42 bits per heavy atom. The van der Waals surface area contributed by atoms with Crippen LogP contribution >= 0.6 is 0 Å². The summed E-state index contributed by atoms with van der Waals surface area (Å²) < 4.78 is 5.71. The molecule has 1 N–H and O–H groups in total. The second kappa shape index (κ2) is 7.37. The molecule has 0 saturated heterocycles. The van der Waals surface area contributed by atoms with Gasteiger partial charge in [-0.3, -0.25) is 9.78 Å². The lowest BCUT2D eigenvalue weighted by atomic mass is 10.2. The number of carbonyl (C=O) groups excluding carboxylic acids is 1. The van der Waals surface area contributed by atoms with E-state index in [-0.39, 0.29) is 11.6 Å². The highest BCUT2D eigenvalue weighted by atomic mass is 16.5. The predicted molar refractivity (Wildman–Crippen MR) is 91.9 cm³/mol. The van der Waals surface area contributed by atoms with Crippen molar-refractivity contribution in [1.29, 1.82) is 0 Å². The van der Waals surface area contributed by atoms with Crippen molar-refractivity contribution >= 4 is 11.6 Å². The van der Waals surface area contributed by atoms with Crippen LogP contribution in [0.2, 0.25) is 0 Å². The monoisotopic (exact) mass is 319 g/mol. The van der Waals surface area contributed by atoms with Crippen LogP contribution < -0.4 is 10.1 Å². The van der Waals surface area contributed by atoms with E-state index in [4.69, 9.17) is 4.74 Å². The maximum atomic E-state index is 12.1. The van der Waals surface area contributed by atoms with Gasteiger partial charge in [0.15, 0.2) is 0 Å². The second-order valence-electron chi connectivity index (χ2n) is 5.30. The summed E-state index contributed by atoms with van der Waals surface area (Å²) in [4.78, 5) is 20.2. The Labute approximate surface area is 140 Å². The largest absolute Gasteiger partial charge is 0.489 e. The molecule has 0 spiro atoms. The van der Waals surface area contributed by atoms with Crippen LogP contribution in [-0.2, 0) is 6.61 Å². The summed E-state index contributed by atoms with van der Waals surface area (Å²) in [5, 5.41) is 2.78. The van der Waals surface area contributed by atoms with Gasteiger partial charge >= 0.3 is 0 Å². The molecule has 3 rings (SSSR count). The standard InChI is InChI=1S/C19H17N3O2/c1-14-11-21-18(12-20-14)19(23)22-16-7-9-17(10-8-16)24-13-15-5-3-2-4-6-15/h2-12H,13H2,1H3,(H,22,23).